The molecule has 65 heavy (non-hydrogen) atoms. The lowest BCUT2D eigenvalue weighted by molar-refractivity contribution is -0.137. The van der Waals surface area contributed by atoms with Crippen LogP contribution in [0.5, 0.6) is 5.88 Å². The van der Waals surface area contributed by atoms with Crippen LogP contribution >= 0.6 is 0 Å². The Hall–Kier alpha value is -6.95. The number of hydrogen-bond donors (Lipinski definition) is 3. The summed E-state index contributed by atoms with van der Waals surface area (Å²) in [4.78, 5) is 80.6. The van der Waals surface area contributed by atoms with E-state index in [1.54, 1.807) is 29.2 Å². The molecule has 0 spiro atoms. The highest BCUT2D eigenvalue weighted by molar-refractivity contribution is 6.23. The van der Waals surface area contributed by atoms with Crippen molar-refractivity contribution < 1.29 is 33.1 Å². The number of halogens is 1. The second kappa shape index (κ2) is 17.2. The summed E-state index contributed by atoms with van der Waals surface area (Å²) in [6, 6.07) is 11.5. The van der Waals surface area contributed by atoms with Crippen LogP contribution in [0.4, 0.5) is 27.4 Å². The van der Waals surface area contributed by atoms with Crippen LogP contribution in [0.2, 0.25) is 0 Å². The van der Waals surface area contributed by atoms with E-state index in [4.69, 9.17) is 9.84 Å². The lowest BCUT2D eigenvalue weighted by Gasteiger charge is -2.47. The minimum absolute atomic E-state index is 0.0474. The fourth-order valence-corrected chi connectivity index (χ4v) is 10.0. The van der Waals surface area contributed by atoms with E-state index >= 15 is 4.39 Å². The number of amides is 4. The number of anilines is 4. The molecule has 4 amide bonds. The van der Waals surface area contributed by atoms with Gasteiger partial charge in [0, 0.05) is 112 Å². The van der Waals surface area contributed by atoms with E-state index in [0.717, 1.165) is 78.5 Å². The number of fused-ring (bicyclic) bond motifs is 4. The highest BCUT2D eigenvalue weighted by Crippen LogP contribution is 2.38. The summed E-state index contributed by atoms with van der Waals surface area (Å²) in [6.07, 6.45) is 6.70. The topological polar surface area (TPSA) is 187 Å². The number of carbonyl (C=O) groups excluding carboxylic acids is 5. The lowest BCUT2D eigenvalue weighted by Crippen LogP contribution is -2.62. The van der Waals surface area contributed by atoms with Crippen molar-refractivity contribution in [1.29, 1.82) is 0 Å². The number of hydrogen-bond acceptors (Lipinski definition) is 13. The van der Waals surface area contributed by atoms with Crippen LogP contribution < -0.4 is 25.6 Å². The molecular weight excluding hydrogens is 834 g/mol. The maximum atomic E-state index is 15.5. The third kappa shape index (κ3) is 7.89. The Morgan fingerprint density at radius 2 is 1.77 bits per heavy atom. The Labute approximate surface area is 374 Å². The van der Waals surface area contributed by atoms with Gasteiger partial charge in [-0.25, -0.2) is 14.4 Å². The summed E-state index contributed by atoms with van der Waals surface area (Å²) >= 11 is 0. The van der Waals surface area contributed by atoms with Crippen molar-refractivity contribution in [3.05, 3.63) is 83.1 Å². The molecule has 3 N–H and O–H groups in total. The first-order valence-corrected chi connectivity index (χ1v) is 22.3. The summed E-state index contributed by atoms with van der Waals surface area (Å²) < 4.78 is 22.9. The zero-order chi connectivity index (χ0) is 44.9. The molecule has 2 saturated heterocycles. The first kappa shape index (κ1) is 42.0. The average Bonchev–Trinajstić information content (AvgIpc) is 3.74. The summed E-state index contributed by atoms with van der Waals surface area (Å²) in [5.41, 5.74) is 5.14. The van der Waals surface area contributed by atoms with Gasteiger partial charge in [-0.15, -0.1) is 0 Å². The van der Waals surface area contributed by atoms with E-state index in [2.05, 4.69) is 35.7 Å². The van der Waals surface area contributed by atoms with Gasteiger partial charge in [-0.2, -0.15) is 5.10 Å². The van der Waals surface area contributed by atoms with Crippen LogP contribution in [-0.2, 0) is 27.3 Å². The lowest BCUT2D eigenvalue weighted by atomic mass is 9.93. The Morgan fingerprint density at radius 3 is 2.57 bits per heavy atom. The van der Waals surface area contributed by atoms with Gasteiger partial charge < -0.3 is 35.3 Å². The molecule has 17 nitrogen and oxygen atoms in total. The van der Waals surface area contributed by atoms with Crippen LogP contribution in [0.15, 0.2) is 54.9 Å². The zero-order valence-electron chi connectivity index (χ0n) is 36.3. The van der Waals surface area contributed by atoms with Crippen molar-refractivity contribution >= 4 is 63.7 Å². The number of rotatable bonds is 12. The number of aromatic nitrogens is 4. The second-order valence-electron chi connectivity index (χ2n) is 17.5. The highest BCUT2D eigenvalue weighted by Gasteiger charge is 2.43. The monoisotopic (exact) mass is 883 g/mol. The Morgan fingerprint density at radius 1 is 0.954 bits per heavy atom. The fourth-order valence-electron chi connectivity index (χ4n) is 10.0. The van der Waals surface area contributed by atoms with Crippen molar-refractivity contribution in [2.24, 2.45) is 5.92 Å². The highest BCUT2D eigenvalue weighted by atomic mass is 19.1. The molecular formula is C47H50FN11O6. The van der Waals surface area contributed by atoms with Crippen LogP contribution in [0, 0.1) is 18.7 Å². The van der Waals surface area contributed by atoms with Gasteiger partial charge in [0.2, 0.25) is 17.7 Å². The van der Waals surface area contributed by atoms with E-state index in [1.165, 1.54) is 13.1 Å². The predicted molar refractivity (Wildman–Crippen MR) is 240 cm³/mol. The number of nitrogens with zero attached hydrogens (tertiary/aromatic N) is 8. The van der Waals surface area contributed by atoms with Crippen LogP contribution in [0.3, 0.4) is 0 Å². The number of aldehydes is 1. The summed E-state index contributed by atoms with van der Waals surface area (Å²) in [7, 11) is 1.44. The number of imide groups is 1. The molecule has 10 rings (SSSR count). The summed E-state index contributed by atoms with van der Waals surface area (Å²) in [6.45, 7) is 8.10. The number of nitrogens with one attached hydrogen (secondary N) is 3. The molecule has 8 heterocycles. The van der Waals surface area contributed by atoms with Gasteiger partial charge in [-0.1, -0.05) is 0 Å². The summed E-state index contributed by atoms with van der Waals surface area (Å²) in [5.74, 6) is 0.319. The molecule has 0 radical (unpaired) electrons. The third-order valence-electron chi connectivity index (χ3n) is 13.6. The normalized spacial score (nSPS) is 18.3. The fraction of sp³-hybridized carbons (Fsp3) is 0.404. The van der Waals surface area contributed by atoms with Crippen molar-refractivity contribution in [3.63, 3.8) is 0 Å². The zero-order valence-corrected chi connectivity index (χ0v) is 36.3. The van der Waals surface area contributed by atoms with Gasteiger partial charge in [0.1, 0.15) is 42.8 Å². The molecule has 0 aliphatic carbocycles. The van der Waals surface area contributed by atoms with Crippen LogP contribution in [0.25, 0.3) is 21.9 Å². The molecule has 2 fully saturated rings. The second-order valence-corrected chi connectivity index (χ2v) is 17.5. The molecule has 5 aromatic rings. The molecule has 2 aromatic carbocycles. The van der Waals surface area contributed by atoms with Gasteiger partial charge >= 0.3 is 0 Å². The number of benzene rings is 2. The van der Waals surface area contributed by atoms with E-state index in [0.29, 0.717) is 72.4 Å². The van der Waals surface area contributed by atoms with Gasteiger partial charge in [-0.05, 0) is 79.5 Å². The van der Waals surface area contributed by atoms with E-state index in [9.17, 15) is 24.0 Å². The molecule has 18 heteroatoms. The van der Waals surface area contributed by atoms with Gasteiger partial charge in [-0.3, -0.25) is 33.7 Å². The quantitative estimate of drug-likeness (QED) is 0.120. The van der Waals surface area contributed by atoms with E-state index in [1.807, 2.05) is 36.1 Å². The van der Waals surface area contributed by atoms with E-state index in [-0.39, 0.29) is 48.3 Å². The predicted octanol–water partition coefficient (Wildman–Crippen LogP) is 4.16. The minimum Gasteiger partial charge on any atom is -0.474 e. The van der Waals surface area contributed by atoms with Crippen molar-refractivity contribution in [1.82, 2.24) is 39.8 Å². The molecule has 1 atom stereocenters. The molecule has 3 aromatic heterocycles. The molecule has 0 bridgehead atoms. The van der Waals surface area contributed by atoms with Crippen LogP contribution in [-0.4, -0.2) is 136 Å². The number of likely N-dealkylation sites (N-methyl/N-ethyl adjacent to an activating group) is 1. The maximum Gasteiger partial charge on any atom is 0.262 e. The molecule has 0 saturated carbocycles. The molecule has 1 unspecified atom stereocenters. The average molecular weight is 884 g/mol. The van der Waals surface area contributed by atoms with Crippen LogP contribution in [0.1, 0.15) is 57.7 Å². The molecule has 336 valence electrons. The van der Waals surface area contributed by atoms with Gasteiger partial charge in [0.15, 0.2) is 5.82 Å². The van der Waals surface area contributed by atoms with Gasteiger partial charge in [0.25, 0.3) is 11.8 Å². The minimum atomic E-state index is -1.05. The smallest absolute Gasteiger partial charge is 0.262 e. The Bertz CT molecular complexity index is 2750. The Kier molecular flexibility index (Phi) is 11.1. The van der Waals surface area contributed by atoms with Crippen molar-refractivity contribution in [2.45, 2.75) is 57.7 Å². The number of carbonyl (C=O) groups is 5. The maximum absolute atomic E-state index is 15.5. The molecule has 5 aliphatic heterocycles. The number of piperidine rings is 1. The van der Waals surface area contributed by atoms with Crippen molar-refractivity contribution in [3.8, 4) is 17.0 Å². The first-order chi connectivity index (χ1) is 31.6. The molecule has 5 aliphatic rings. The standard InChI is InChI=1S/C47H50FN11O6/c1-27-37(22-52-45-43(27)50-10-15-65-45)35-16-29-18-40(51-21-30(29)17-38(35)48)53-41-20-32-9-13-57(42(61)26-58(32)54-41)33-24-55(25-33)23-28-7-11-56(12-8-28)31-5-6-34-36(19-31)47(64)59(46(34)63)39(4-3-14-60)44(62)49-2/h5-6,14,16-22,28,33,39,50H,3-4,7-13,15,23-26H2,1-2H3,(H,49,62)(H,51,53,54). The first-order valence-electron chi connectivity index (χ1n) is 22.3. The number of ether oxygens (including phenoxy) is 1. The third-order valence-corrected chi connectivity index (χ3v) is 13.6. The Balaban J connectivity index is 0.712. The van der Waals surface area contributed by atoms with E-state index < -0.39 is 23.8 Å². The van der Waals surface area contributed by atoms with Crippen molar-refractivity contribution in [2.75, 3.05) is 75.0 Å². The number of likely N-dealkylation sites (tertiary alicyclic amines) is 1. The SMILES string of the molecule is CNC(=O)C(CCC=O)N1C(=O)c2ccc(N3CCC(CN4CC(N5CCc6cc(Nc7cc8cc(-c9cnc%10c(c9C)NCCO%10)c(F)cc8cn7)nn6CC5=O)C4)CC3)cc2C1=O. The van der Waals surface area contributed by atoms with Gasteiger partial charge in [0.05, 0.1) is 17.2 Å². The summed E-state index contributed by atoms with van der Waals surface area (Å²) in [5, 5.41) is 15.3. The largest absolute Gasteiger partial charge is 0.474 e. The number of pyridine rings is 2.